The molecule has 0 fully saturated rings. The third kappa shape index (κ3) is 1.61. The van der Waals surface area contributed by atoms with Gasteiger partial charge in [-0.05, 0) is 19.1 Å². The van der Waals surface area contributed by atoms with Gasteiger partial charge < -0.3 is 4.57 Å². The minimum absolute atomic E-state index is 0.0117. The Balaban J connectivity index is 2.84. The van der Waals surface area contributed by atoms with Crippen molar-refractivity contribution in [3.63, 3.8) is 0 Å². The standard InChI is InChI=1S/C12H16N2OS/c1-8-5-10-9(6-12(8,2)16-4)11(15)14(3)7-13-10/h5-8H,1-4H3. The predicted molar refractivity (Wildman–Crippen MR) is 68.7 cm³/mol. The minimum atomic E-state index is -0.0117. The van der Waals surface area contributed by atoms with Crippen molar-refractivity contribution in [1.29, 1.82) is 0 Å². The predicted octanol–water partition coefficient (Wildman–Crippen LogP) is 0.113. The molecule has 1 heterocycles. The third-order valence-corrected chi connectivity index (χ3v) is 4.75. The van der Waals surface area contributed by atoms with Crippen LogP contribution in [0, 0.1) is 5.92 Å². The van der Waals surface area contributed by atoms with E-state index in [1.165, 1.54) is 4.57 Å². The summed E-state index contributed by atoms with van der Waals surface area (Å²) in [4.78, 5) is 16.3. The van der Waals surface area contributed by atoms with Crippen LogP contribution in [0.2, 0.25) is 0 Å². The van der Waals surface area contributed by atoms with Gasteiger partial charge in [-0.15, -0.1) is 0 Å². The smallest absolute Gasteiger partial charge is 0.260 e. The molecule has 0 amide bonds. The zero-order chi connectivity index (χ0) is 11.9. The highest BCUT2D eigenvalue weighted by Crippen LogP contribution is 2.34. The molecule has 0 aliphatic heterocycles. The number of hydrogen-bond acceptors (Lipinski definition) is 3. The fourth-order valence-electron chi connectivity index (χ4n) is 1.90. The second kappa shape index (κ2) is 3.77. The van der Waals surface area contributed by atoms with Crippen LogP contribution < -0.4 is 16.1 Å². The van der Waals surface area contributed by atoms with Crippen LogP contribution in [0.3, 0.4) is 0 Å². The van der Waals surface area contributed by atoms with E-state index in [1.807, 2.05) is 0 Å². The number of hydrogen-bond donors (Lipinski definition) is 0. The number of aromatic nitrogens is 2. The Hall–Kier alpha value is -1.03. The third-order valence-electron chi connectivity index (χ3n) is 3.38. The molecular formula is C12H16N2OS. The van der Waals surface area contributed by atoms with E-state index in [2.05, 4.69) is 37.2 Å². The summed E-state index contributed by atoms with van der Waals surface area (Å²) >= 11 is 1.77. The van der Waals surface area contributed by atoms with Crippen LogP contribution in [0.25, 0.3) is 12.2 Å². The van der Waals surface area contributed by atoms with E-state index in [0.717, 1.165) is 10.6 Å². The molecule has 86 valence electrons. The van der Waals surface area contributed by atoms with Gasteiger partial charge in [0, 0.05) is 11.8 Å². The lowest BCUT2D eigenvalue weighted by Gasteiger charge is -2.30. The SMILES string of the molecule is CSC1(C)C=c2c(ncn(C)c2=O)=CC1C. The molecule has 0 spiro atoms. The Morgan fingerprint density at radius 3 is 2.88 bits per heavy atom. The second-order valence-electron chi connectivity index (χ2n) is 4.45. The zero-order valence-corrected chi connectivity index (χ0v) is 10.8. The highest BCUT2D eigenvalue weighted by atomic mass is 32.2. The molecular weight excluding hydrogens is 220 g/mol. The van der Waals surface area contributed by atoms with E-state index in [-0.39, 0.29) is 10.3 Å². The summed E-state index contributed by atoms with van der Waals surface area (Å²) in [5, 5.41) is 1.56. The Morgan fingerprint density at radius 2 is 2.25 bits per heavy atom. The van der Waals surface area contributed by atoms with Gasteiger partial charge in [-0.2, -0.15) is 11.8 Å². The lowest BCUT2D eigenvalue weighted by Crippen LogP contribution is -2.51. The lowest BCUT2D eigenvalue weighted by molar-refractivity contribution is 0.649. The first-order valence-corrected chi connectivity index (χ1v) is 6.52. The van der Waals surface area contributed by atoms with E-state index < -0.39 is 0 Å². The Morgan fingerprint density at radius 1 is 1.56 bits per heavy atom. The van der Waals surface area contributed by atoms with Crippen LogP contribution in [-0.4, -0.2) is 20.6 Å². The van der Waals surface area contributed by atoms with E-state index >= 15 is 0 Å². The Kier molecular flexibility index (Phi) is 2.70. The average Bonchev–Trinajstić information content (AvgIpc) is 2.27. The van der Waals surface area contributed by atoms with Gasteiger partial charge >= 0.3 is 0 Å². The summed E-state index contributed by atoms with van der Waals surface area (Å²) in [5.74, 6) is 0.384. The van der Waals surface area contributed by atoms with Gasteiger partial charge in [0.15, 0.2) is 0 Å². The maximum atomic E-state index is 12.0. The van der Waals surface area contributed by atoms with Gasteiger partial charge in [-0.1, -0.05) is 19.1 Å². The minimum Gasteiger partial charge on any atom is -0.302 e. The molecule has 2 atom stereocenters. The molecule has 3 nitrogen and oxygen atoms in total. The van der Waals surface area contributed by atoms with Gasteiger partial charge in [-0.3, -0.25) is 4.79 Å². The number of fused-ring (bicyclic) bond motifs is 1. The van der Waals surface area contributed by atoms with Crippen LogP contribution in [0.1, 0.15) is 13.8 Å². The van der Waals surface area contributed by atoms with Crippen molar-refractivity contribution in [3.8, 4) is 0 Å². The topological polar surface area (TPSA) is 34.9 Å². The van der Waals surface area contributed by atoms with Gasteiger partial charge in [0.1, 0.15) is 0 Å². The summed E-state index contributed by atoms with van der Waals surface area (Å²) < 4.78 is 1.52. The number of thioether (sulfide) groups is 1. The van der Waals surface area contributed by atoms with Gasteiger partial charge in [0.25, 0.3) is 5.56 Å². The van der Waals surface area contributed by atoms with Gasteiger partial charge in [0.2, 0.25) is 0 Å². The number of nitrogens with zero attached hydrogens (tertiary/aromatic N) is 2. The molecule has 1 aliphatic rings. The molecule has 1 aromatic heterocycles. The van der Waals surface area contributed by atoms with Crippen molar-refractivity contribution in [2.45, 2.75) is 18.6 Å². The summed E-state index contributed by atoms with van der Waals surface area (Å²) in [5.41, 5.74) is 0.0356. The number of aryl methyl sites for hydroxylation is 1. The first-order valence-electron chi connectivity index (χ1n) is 5.29. The van der Waals surface area contributed by atoms with Crippen molar-refractivity contribution < 1.29 is 0 Å². The second-order valence-corrected chi connectivity index (χ2v) is 5.74. The van der Waals surface area contributed by atoms with Crippen LogP contribution in [-0.2, 0) is 7.05 Å². The molecule has 2 unspecified atom stereocenters. The normalized spacial score (nSPS) is 27.9. The van der Waals surface area contributed by atoms with Gasteiger partial charge in [0.05, 0.1) is 16.9 Å². The molecule has 4 heteroatoms. The molecule has 0 N–H and O–H groups in total. The largest absolute Gasteiger partial charge is 0.302 e. The van der Waals surface area contributed by atoms with Crippen LogP contribution in [0.15, 0.2) is 11.1 Å². The lowest BCUT2D eigenvalue weighted by atomic mass is 9.90. The molecule has 0 bridgehead atoms. The summed E-state index contributed by atoms with van der Waals surface area (Å²) in [6, 6.07) is 0. The van der Waals surface area contributed by atoms with Crippen molar-refractivity contribution >= 4 is 23.9 Å². The molecule has 1 aromatic rings. The number of rotatable bonds is 1. The van der Waals surface area contributed by atoms with Gasteiger partial charge in [-0.25, -0.2) is 4.98 Å². The summed E-state index contributed by atoms with van der Waals surface area (Å²) in [6.45, 7) is 4.32. The zero-order valence-electron chi connectivity index (χ0n) is 10.0. The fraction of sp³-hybridized carbons (Fsp3) is 0.500. The molecule has 2 rings (SSSR count). The highest BCUT2D eigenvalue weighted by molar-refractivity contribution is 8.00. The van der Waals surface area contributed by atoms with E-state index in [1.54, 1.807) is 25.1 Å². The quantitative estimate of drug-likeness (QED) is 0.694. The Bertz CT molecular complexity index is 590. The van der Waals surface area contributed by atoms with Crippen molar-refractivity contribution in [1.82, 2.24) is 9.55 Å². The monoisotopic (exact) mass is 236 g/mol. The molecule has 0 saturated heterocycles. The fourth-order valence-corrected chi connectivity index (χ4v) is 2.58. The summed E-state index contributed by atoms with van der Waals surface area (Å²) in [7, 11) is 1.73. The van der Waals surface area contributed by atoms with Crippen LogP contribution in [0.4, 0.5) is 0 Å². The molecule has 1 aliphatic carbocycles. The van der Waals surface area contributed by atoms with Crippen LogP contribution >= 0.6 is 11.8 Å². The highest BCUT2D eigenvalue weighted by Gasteiger charge is 2.29. The molecule has 16 heavy (non-hydrogen) atoms. The molecule has 0 aromatic carbocycles. The van der Waals surface area contributed by atoms with E-state index in [4.69, 9.17) is 0 Å². The van der Waals surface area contributed by atoms with E-state index in [9.17, 15) is 4.79 Å². The average molecular weight is 236 g/mol. The maximum Gasteiger partial charge on any atom is 0.260 e. The Labute approximate surface area is 98.9 Å². The summed E-state index contributed by atoms with van der Waals surface area (Å²) in [6.07, 6.45) is 7.81. The maximum absolute atomic E-state index is 12.0. The molecule has 0 radical (unpaired) electrons. The van der Waals surface area contributed by atoms with Crippen molar-refractivity contribution in [3.05, 3.63) is 27.2 Å². The molecule has 0 saturated carbocycles. The van der Waals surface area contributed by atoms with E-state index in [0.29, 0.717) is 5.92 Å². The van der Waals surface area contributed by atoms with Crippen molar-refractivity contribution in [2.24, 2.45) is 13.0 Å². The van der Waals surface area contributed by atoms with Crippen molar-refractivity contribution in [2.75, 3.05) is 6.26 Å². The first-order chi connectivity index (χ1) is 7.48. The first kappa shape index (κ1) is 11.5. The van der Waals surface area contributed by atoms with Crippen LogP contribution in [0.5, 0.6) is 0 Å².